The second-order valence-electron chi connectivity index (χ2n) is 3.15. The summed E-state index contributed by atoms with van der Waals surface area (Å²) in [5.41, 5.74) is 0. The first-order chi connectivity index (χ1) is 6.98. The highest BCUT2D eigenvalue weighted by molar-refractivity contribution is 9.10. The standard InChI is InChI=1S/C9H6BrClF2O2/c10-5-1-7-8(2-6(5)11)15-4-9(12,13)3-14-7/h1-2H,3-4H2. The van der Waals surface area contributed by atoms with Crippen molar-refractivity contribution in [3.63, 3.8) is 0 Å². The molecule has 1 aromatic carbocycles. The molecule has 0 atom stereocenters. The normalized spacial score (nSPS) is 18.4. The zero-order valence-corrected chi connectivity index (χ0v) is 9.74. The molecule has 1 aliphatic rings. The molecule has 0 aliphatic carbocycles. The smallest absolute Gasteiger partial charge is 0.314 e. The van der Waals surface area contributed by atoms with E-state index in [-0.39, 0.29) is 11.5 Å². The first-order valence-corrected chi connectivity index (χ1v) is 5.27. The lowest BCUT2D eigenvalue weighted by Gasteiger charge is -2.10. The Morgan fingerprint density at radius 1 is 1.20 bits per heavy atom. The summed E-state index contributed by atoms with van der Waals surface area (Å²) < 4.78 is 36.3. The number of rotatable bonds is 0. The van der Waals surface area contributed by atoms with Gasteiger partial charge in [0.25, 0.3) is 0 Å². The molecule has 1 aliphatic heterocycles. The monoisotopic (exact) mass is 298 g/mol. The molecule has 0 amide bonds. The van der Waals surface area contributed by atoms with Crippen molar-refractivity contribution < 1.29 is 18.3 Å². The minimum atomic E-state index is -2.97. The van der Waals surface area contributed by atoms with E-state index in [1.54, 1.807) is 0 Å². The van der Waals surface area contributed by atoms with Crippen molar-refractivity contribution in [2.75, 3.05) is 13.2 Å². The van der Waals surface area contributed by atoms with E-state index in [1.165, 1.54) is 12.1 Å². The van der Waals surface area contributed by atoms with Crippen LogP contribution in [-0.4, -0.2) is 19.1 Å². The van der Waals surface area contributed by atoms with E-state index in [2.05, 4.69) is 15.9 Å². The van der Waals surface area contributed by atoms with Crippen molar-refractivity contribution in [2.45, 2.75) is 5.92 Å². The molecule has 82 valence electrons. The van der Waals surface area contributed by atoms with Crippen molar-refractivity contribution in [3.05, 3.63) is 21.6 Å². The van der Waals surface area contributed by atoms with Gasteiger partial charge in [0.1, 0.15) is 0 Å². The molecule has 0 fully saturated rings. The van der Waals surface area contributed by atoms with Crippen molar-refractivity contribution in [1.82, 2.24) is 0 Å². The molecule has 0 aromatic heterocycles. The summed E-state index contributed by atoms with van der Waals surface area (Å²) in [4.78, 5) is 0. The lowest BCUT2D eigenvalue weighted by Crippen LogP contribution is -2.30. The van der Waals surface area contributed by atoms with Crippen molar-refractivity contribution in [2.24, 2.45) is 0 Å². The summed E-state index contributed by atoms with van der Waals surface area (Å²) in [6.07, 6.45) is 0. The summed E-state index contributed by atoms with van der Waals surface area (Å²) in [7, 11) is 0. The van der Waals surface area contributed by atoms with E-state index in [9.17, 15) is 8.78 Å². The highest BCUT2D eigenvalue weighted by atomic mass is 79.9. The maximum Gasteiger partial charge on any atom is 0.314 e. The fourth-order valence-electron chi connectivity index (χ4n) is 1.14. The van der Waals surface area contributed by atoms with Crippen LogP contribution in [0, 0.1) is 0 Å². The lowest BCUT2D eigenvalue weighted by molar-refractivity contribution is -0.0622. The van der Waals surface area contributed by atoms with Gasteiger partial charge in [-0.2, -0.15) is 8.78 Å². The first-order valence-electron chi connectivity index (χ1n) is 4.10. The molecule has 15 heavy (non-hydrogen) atoms. The number of benzene rings is 1. The third kappa shape index (κ3) is 2.34. The molecule has 0 saturated carbocycles. The van der Waals surface area contributed by atoms with Gasteiger partial charge >= 0.3 is 5.92 Å². The Kier molecular flexibility index (Phi) is 2.77. The average Bonchev–Trinajstić information content (AvgIpc) is 2.29. The fraction of sp³-hybridized carbons (Fsp3) is 0.333. The van der Waals surface area contributed by atoms with E-state index in [1.807, 2.05) is 0 Å². The third-order valence-corrected chi connectivity index (χ3v) is 3.06. The van der Waals surface area contributed by atoms with E-state index >= 15 is 0 Å². The van der Waals surface area contributed by atoms with Crippen LogP contribution in [0.1, 0.15) is 0 Å². The minimum Gasteiger partial charge on any atom is -0.483 e. The zero-order valence-electron chi connectivity index (χ0n) is 7.40. The topological polar surface area (TPSA) is 18.5 Å². The second kappa shape index (κ2) is 3.79. The SMILES string of the molecule is FC1(F)COc2cc(Cl)c(Br)cc2OC1. The van der Waals surface area contributed by atoms with Crippen LogP contribution in [0.4, 0.5) is 8.78 Å². The predicted octanol–water partition coefficient (Wildman–Crippen LogP) is 3.51. The maximum atomic E-state index is 12.9. The Hall–Kier alpha value is -0.550. The van der Waals surface area contributed by atoms with Crippen LogP contribution >= 0.6 is 27.5 Å². The van der Waals surface area contributed by atoms with Gasteiger partial charge in [0, 0.05) is 10.5 Å². The lowest BCUT2D eigenvalue weighted by atomic mass is 10.3. The van der Waals surface area contributed by atoms with Crippen molar-refractivity contribution in [3.8, 4) is 11.5 Å². The second-order valence-corrected chi connectivity index (χ2v) is 4.41. The number of halogens is 4. The molecule has 6 heteroatoms. The Morgan fingerprint density at radius 3 is 2.33 bits per heavy atom. The first kappa shape index (κ1) is 11.0. The van der Waals surface area contributed by atoms with Gasteiger partial charge in [-0.25, -0.2) is 0 Å². The van der Waals surface area contributed by atoms with Gasteiger partial charge in [0.2, 0.25) is 0 Å². The minimum absolute atomic E-state index is 0.236. The predicted molar refractivity (Wildman–Crippen MR) is 55.1 cm³/mol. The third-order valence-electron chi connectivity index (χ3n) is 1.86. The van der Waals surface area contributed by atoms with Crippen LogP contribution in [0.3, 0.4) is 0 Å². The average molecular weight is 299 g/mol. The Balaban J connectivity index is 2.36. The van der Waals surface area contributed by atoms with Crippen LogP contribution < -0.4 is 9.47 Å². The zero-order chi connectivity index (χ0) is 11.1. The van der Waals surface area contributed by atoms with Gasteiger partial charge in [-0.1, -0.05) is 11.6 Å². The van der Waals surface area contributed by atoms with E-state index in [0.29, 0.717) is 9.50 Å². The summed E-state index contributed by atoms with van der Waals surface area (Å²) in [5.74, 6) is -2.47. The van der Waals surface area contributed by atoms with Gasteiger partial charge in [-0.05, 0) is 22.0 Å². The van der Waals surface area contributed by atoms with E-state index in [0.717, 1.165) is 0 Å². The number of ether oxygens (including phenoxy) is 2. The molecule has 0 bridgehead atoms. The van der Waals surface area contributed by atoms with Crippen LogP contribution in [0.2, 0.25) is 5.02 Å². The van der Waals surface area contributed by atoms with Crippen LogP contribution in [-0.2, 0) is 0 Å². The number of hydrogen-bond donors (Lipinski definition) is 0. The molecule has 0 saturated heterocycles. The molecule has 0 spiro atoms. The molecule has 0 unspecified atom stereocenters. The quantitative estimate of drug-likeness (QED) is 0.730. The molecular weight excluding hydrogens is 293 g/mol. The summed E-state index contributed by atoms with van der Waals surface area (Å²) >= 11 is 8.97. The van der Waals surface area contributed by atoms with Gasteiger partial charge in [0.05, 0.1) is 5.02 Å². The van der Waals surface area contributed by atoms with Gasteiger partial charge in [0.15, 0.2) is 24.7 Å². The molecular formula is C9H6BrClF2O2. The highest BCUT2D eigenvalue weighted by Gasteiger charge is 2.34. The number of fused-ring (bicyclic) bond motifs is 1. The van der Waals surface area contributed by atoms with Gasteiger partial charge in [-0.3, -0.25) is 0 Å². The van der Waals surface area contributed by atoms with Gasteiger partial charge in [-0.15, -0.1) is 0 Å². The van der Waals surface area contributed by atoms with Crippen LogP contribution in [0.25, 0.3) is 0 Å². The van der Waals surface area contributed by atoms with E-state index < -0.39 is 19.1 Å². The van der Waals surface area contributed by atoms with Crippen molar-refractivity contribution >= 4 is 27.5 Å². The Labute approximate surface area is 98.2 Å². The summed E-state index contributed by atoms with van der Waals surface area (Å²) in [5, 5.41) is 0.391. The number of hydrogen-bond acceptors (Lipinski definition) is 2. The molecule has 1 heterocycles. The van der Waals surface area contributed by atoms with Crippen LogP contribution in [0.15, 0.2) is 16.6 Å². The maximum absolute atomic E-state index is 12.9. The molecule has 2 rings (SSSR count). The number of alkyl halides is 2. The highest BCUT2D eigenvalue weighted by Crippen LogP contribution is 2.38. The molecule has 2 nitrogen and oxygen atoms in total. The van der Waals surface area contributed by atoms with Crippen molar-refractivity contribution in [1.29, 1.82) is 0 Å². The fourth-order valence-corrected chi connectivity index (χ4v) is 1.62. The molecule has 1 aromatic rings. The Bertz CT molecular complexity index is 363. The molecule has 0 radical (unpaired) electrons. The van der Waals surface area contributed by atoms with Gasteiger partial charge < -0.3 is 9.47 Å². The summed E-state index contributed by atoms with van der Waals surface area (Å²) in [6.45, 7) is -1.38. The molecule has 0 N–H and O–H groups in total. The van der Waals surface area contributed by atoms with E-state index in [4.69, 9.17) is 21.1 Å². The Morgan fingerprint density at radius 2 is 1.73 bits per heavy atom. The summed E-state index contributed by atoms with van der Waals surface area (Å²) in [6, 6.07) is 2.96. The largest absolute Gasteiger partial charge is 0.483 e. The van der Waals surface area contributed by atoms with Crippen LogP contribution in [0.5, 0.6) is 11.5 Å².